The first kappa shape index (κ1) is 33.3. The molecule has 9 nitrogen and oxygen atoms in total. The van der Waals surface area contributed by atoms with Gasteiger partial charge in [-0.25, -0.2) is 15.0 Å². The predicted molar refractivity (Wildman–Crippen MR) is 166 cm³/mol. The molecule has 1 aromatic carbocycles. The summed E-state index contributed by atoms with van der Waals surface area (Å²) >= 11 is 7.16. The van der Waals surface area contributed by atoms with Crippen LogP contribution >= 0.6 is 22.9 Å². The van der Waals surface area contributed by atoms with Crippen molar-refractivity contribution in [2.24, 2.45) is 0 Å². The lowest BCUT2D eigenvalue weighted by atomic mass is 10.1. The van der Waals surface area contributed by atoms with Crippen molar-refractivity contribution in [1.29, 1.82) is 0 Å². The van der Waals surface area contributed by atoms with Gasteiger partial charge in [-0.1, -0.05) is 29.0 Å². The number of hydrogen-bond acceptors (Lipinski definition) is 10. The number of halogens is 5. The minimum Gasteiger partial charge on any atom is -0.466 e. The molecule has 244 valence electrons. The predicted octanol–water partition coefficient (Wildman–Crippen LogP) is 6.60. The molecule has 2 aliphatic rings. The highest BCUT2D eigenvalue weighted by atomic mass is 35.5. The summed E-state index contributed by atoms with van der Waals surface area (Å²) in [5, 5.41) is 2.88. The number of rotatable bonds is 10. The number of benzene rings is 1. The number of esters is 1. The third-order valence-electron chi connectivity index (χ3n) is 8.31. The molecule has 2 fully saturated rings. The van der Waals surface area contributed by atoms with Gasteiger partial charge < -0.3 is 15.0 Å². The molecule has 0 radical (unpaired) electrons. The van der Waals surface area contributed by atoms with Crippen LogP contribution in [0.15, 0.2) is 24.5 Å². The minimum absolute atomic E-state index is 0.0772. The Morgan fingerprint density at radius 2 is 1.84 bits per heavy atom. The molecule has 0 saturated carbocycles. The van der Waals surface area contributed by atoms with Crippen LogP contribution in [0.3, 0.4) is 0 Å². The van der Waals surface area contributed by atoms with Gasteiger partial charge in [0.2, 0.25) is 5.82 Å². The lowest BCUT2D eigenvalue weighted by Crippen LogP contribution is -2.47. The Balaban J connectivity index is 1.37. The van der Waals surface area contributed by atoms with Gasteiger partial charge in [0, 0.05) is 61.8 Å². The summed E-state index contributed by atoms with van der Waals surface area (Å²) < 4.78 is 61.9. The number of nitrogens with zero attached hydrogens (tertiary/aromatic N) is 6. The Bertz CT molecular complexity index is 1490. The molecule has 2 saturated heterocycles. The van der Waals surface area contributed by atoms with Crippen molar-refractivity contribution >= 4 is 45.7 Å². The Morgan fingerprint density at radius 1 is 1.13 bits per heavy atom. The largest absolute Gasteiger partial charge is 0.466 e. The second kappa shape index (κ2) is 14.1. The number of alkyl halides is 3. The third kappa shape index (κ3) is 7.84. The first-order valence-corrected chi connectivity index (χ1v) is 16.2. The number of anilines is 3. The van der Waals surface area contributed by atoms with E-state index in [0.717, 1.165) is 23.8 Å². The molecule has 0 bridgehead atoms. The Morgan fingerprint density at radius 3 is 2.51 bits per heavy atom. The lowest BCUT2D eigenvalue weighted by Gasteiger charge is -2.35. The van der Waals surface area contributed by atoms with E-state index in [0.29, 0.717) is 75.2 Å². The van der Waals surface area contributed by atoms with Gasteiger partial charge in [-0.2, -0.15) is 17.6 Å². The van der Waals surface area contributed by atoms with Crippen molar-refractivity contribution < 1.29 is 27.1 Å². The topological polar surface area (TPSA) is 86.7 Å². The lowest BCUT2D eigenvalue weighted by molar-refractivity contribution is -0.143. The number of likely N-dealkylation sites (tertiary alicyclic amines) is 1. The van der Waals surface area contributed by atoms with Gasteiger partial charge in [-0.05, 0) is 45.7 Å². The molecule has 0 amide bonds. The number of aromatic nitrogens is 3. The molecular weight excluding hydrogens is 634 g/mol. The first-order chi connectivity index (χ1) is 21.4. The molecule has 0 spiro atoms. The summed E-state index contributed by atoms with van der Waals surface area (Å²) in [4.78, 5) is 31.6. The summed E-state index contributed by atoms with van der Waals surface area (Å²) in [6.07, 6.45) is -1.02. The maximum atomic E-state index is 15.8. The van der Waals surface area contributed by atoms with Crippen LogP contribution in [0, 0.1) is 5.82 Å². The maximum Gasteiger partial charge on any atom is 0.417 e. The van der Waals surface area contributed by atoms with E-state index in [1.165, 1.54) is 29.8 Å². The Kier molecular flexibility index (Phi) is 10.5. The van der Waals surface area contributed by atoms with E-state index in [2.05, 4.69) is 43.9 Å². The van der Waals surface area contributed by atoms with E-state index >= 15 is 4.39 Å². The fraction of sp³-hybridized carbons (Fsp3) is 0.533. The Labute approximate surface area is 268 Å². The van der Waals surface area contributed by atoms with Crippen molar-refractivity contribution in [2.75, 3.05) is 49.5 Å². The molecule has 2 atom stereocenters. The van der Waals surface area contributed by atoms with Crippen LogP contribution in [0.1, 0.15) is 50.5 Å². The second-order valence-electron chi connectivity index (χ2n) is 11.3. The van der Waals surface area contributed by atoms with Crippen molar-refractivity contribution in [2.45, 2.75) is 64.8 Å². The van der Waals surface area contributed by atoms with Gasteiger partial charge in [-0.15, -0.1) is 0 Å². The van der Waals surface area contributed by atoms with Crippen molar-refractivity contribution in [1.82, 2.24) is 24.8 Å². The summed E-state index contributed by atoms with van der Waals surface area (Å²) in [6, 6.07) is 4.36. The molecule has 1 N–H and O–H groups in total. The molecule has 0 unspecified atom stereocenters. The van der Waals surface area contributed by atoms with Gasteiger partial charge >= 0.3 is 12.1 Å². The van der Waals surface area contributed by atoms with Gasteiger partial charge in [0.1, 0.15) is 6.33 Å². The van der Waals surface area contributed by atoms with Crippen molar-refractivity contribution in [3.8, 4) is 11.3 Å². The minimum atomic E-state index is -4.63. The van der Waals surface area contributed by atoms with E-state index in [4.69, 9.17) is 16.3 Å². The Hall–Kier alpha value is -3.07. The van der Waals surface area contributed by atoms with Crippen LogP contribution in [0.2, 0.25) is 5.02 Å². The van der Waals surface area contributed by atoms with E-state index in [1.54, 1.807) is 6.92 Å². The summed E-state index contributed by atoms with van der Waals surface area (Å²) in [5.74, 6) is -0.830. The number of hydrogen-bond donors (Lipinski definition) is 1. The highest BCUT2D eigenvalue weighted by Crippen LogP contribution is 2.41. The highest BCUT2D eigenvalue weighted by molar-refractivity contribution is 7.16. The monoisotopic (exact) mass is 669 g/mol. The van der Waals surface area contributed by atoms with E-state index in [9.17, 15) is 18.0 Å². The summed E-state index contributed by atoms with van der Waals surface area (Å²) in [6.45, 7) is 9.68. The van der Waals surface area contributed by atoms with Crippen LogP contribution in [0.5, 0.6) is 0 Å². The number of nitrogens with one attached hydrogen (secondary N) is 1. The van der Waals surface area contributed by atoms with Crippen LogP contribution in [-0.2, 0) is 22.3 Å². The fourth-order valence-electron chi connectivity index (χ4n) is 5.79. The maximum absolute atomic E-state index is 15.8. The molecule has 2 aromatic heterocycles. The second-order valence-corrected chi connectivity index (χ2v) is 12.8. The van der Waals surface area contributed by atoms with Gasteiger partial charge in [0.05, 0.1) is 29.3 Å². The molecule has 2 aliphatic heterocycles. The van der Waals surface area contributed by atoms with Crippen molar-refractivity contribution in [3.05, 3.63) is 45.8 Å². The summed E-state index contributed by atoms with van der Waals surface area (Å²) in [5.41, 5.74) is -0.287. The number of piperazine rings is 1. The number of thiazole rings is 1. The highest BCUT2D eigenvalue weighted by Gasteiger charge is 2.35. The third-order valence-corrected chi connectivity index (χ3v) is 9.59. The van der Waals surface area contributed by atoms with E-state index in [1.807, 2.05) is 4.90 Å². The van der Waals surface area contributed by atoms with Gasteiger partial charge in [0.15, 0.2) is 16.8 Å². The standard InChI is InChI=1S/C30H36ClF4N7O2S/c1-4-44-24(43)9-10-40-11-13-41(14-12-40)28-25(32)27(36-17-37-28)39-29-38-26(20-7-8-22(31)21(15-20)30(33,34)35)23(45-29)16-42-18(2)5-6-19(42)3/h7-8,15,17-19H,4-6,9-14,16H2,1-3H3,(H,36,37,38,39)/t18-,19-/m1/s1. The molecule has 5 rings (SSSR count). The van der Waals surface area contributed by atoms with E-state index in [-0.39, 0.29) is 23.2 Å². The molecule has 3 aromatic rings. The zero-order valence-corrected chi connectivity index (χ0v) is 26.9. The molecule has 15 heteroatoms. The average Bonchev–Trinajstić information content (AvgIpc) is 3.55. The van der Waals surface area contributed by atoms with Crippen LogP contribution in [0.4, 0.5) is 34.3 Å². The van der Waals surface area contributed by atoms with E-state index < -0.39 is 22.6 Å². The number of carbonyl (C=O) groups excluding carboxylic acids is 1. The fourth-order valence-corrected chi connectivity index (χ4v) is 7.01. The molecule has 4 heterocycles. The quantitative estimate of drug-likeness (QED) is 0.190. The molecule has 0 aliphatic carbocycles. The first-order valence-electron chi connectivity index (χ1n) is 15.0. The van der Waals surface area contributed by atoms with Crippen molar-refractivity contribution in [3.63, 3.8) is 0 Å². The number of ether oxygens (including phenoxy) is 1. The normalized spacial score (nSPS) is 19.7. The SMILES string of the molecule is CCOC(=O)CCN1CCN(c2ncnc(Nc3nc(-c4ccc(Cl)c(C(F)(F)F)c4)c(CN4[C@H](C)CC[C@H]4C)s3)c2F)CC1. The number of carbonyl (C=O) groups is 1. The zero-order chi connectivity index (χ0) is 32.3. The van der Waals surface area contributed by atoms with Gasteiger partial charge in [-0.3, -0.25) is 14.6 Å². The average molecular weight is 670 g/mol. The van der Waals surface area contributed by atoms with Gasteiger partial charge in [0.25, 0.3) is 0 Å². The van der Waals surface area contributed by atoms with Crippen LogP contribution < -0.4 is 10.2 Å². The zero-order valence-electron chi connectivity index (χ0n) is 25.3. The summed E-state index contributed by atoms with van der Waals surface area (Å²) in [7, 11) is 0. The molecular formula is C30H36ClF4N7O2S. The van der Waals surface area contributed by atoms with Crippen LogP contribution in [0.25, 0.3) is 11.3 Å². The smallest absolute Gasteiger partial charge is 0.417 e. The van der Waals surface area contributed by atoms with Crippen LogP contribution in [-0.4, -0.2) is 82.1 Å². The molecule has 45 heavy (non-hydrogen) atoms.